The van der Waals surface area contributed by atoms with Crippen molar-refractivity contribution in [2.24, 2.45) is 11.8 Å². The molecule has 2 fully saturated rings. The smallest absolute Gasteiger partial charge is 0.225 e. The quantitative estimate of drug-likeness (QED) is 0.832. The Balaban J connectivity index is 1.62. The van der Waals surface area contributed by atoms with E-state index in [1.807, 2.05) is 6.20 Å². The average Bonchev–Trinajstić information content (AvgIpc) is 2.96. The van der Waals surface area contributed by atoms with Crippen molar-refractivity contribution in [2.45, 2.75) is 78.2 Å². The number of hydrogen-bond acceptors (Lipinski definition) is 2. The molecule has 1 saturated carbocycles. The van der Waals surface area contributed by atoms with Crippen molar-refractivity contribution < 1.29 is 4.79 Å². The van der Waals surface area contributed by atoms with E-state index in [1.165, 1.54) is 37.2 Å². The lowest BCUT2D eigenvalue weighted by Crippen LogP contribution is -2.44. The summed E-state index contributed by atoms with van der Waals surface area (Å²) in [6.45, 7) is 8.47. The number of amides is 1. The maximum absolute atomic E-state index is 12.8. The Morgan fingerprint density at radius 2 is 1.96 bits per heavy atom. The van der Waals surface area contributed by atoms with E-state index >= 15 is 0 Å². The minimum Gasteiger partial charge on any atom is -0.342 e. The van der Waals surface area contributed by atoms with E-state index in [4.69, 9.17) is 0 Å². The average molecular weight is 332 g/mol. The summed E-state index contributed by atoms with van der Waals surface area (Å²) in [5.41, 5.74) is 1.24. The van der Waals surface area contributed by atoms with Crippen LogP contribution < -0.4 is 0 Å². The standard InChI is InChI=1S/C20H33N3O/c1-15(2)23-16(3)13-21-19(23)12-17-8-7-11-22(14-17)20(24)18-9-5-4-6-10-18/h13,15,17-18H,4-12,14H2,1-3H3. The summed E-state index contributed by atoms with van der Waals surface area (Å²) in [6.07, 6.45) is 11.3. The molecule has 1 aliphatic carbocycles. The van der Waals surface area contributed by atoms with Crippen molar-refractivity contribution in [1.82, 2.24) is 14.5 Å². The SMILES string of the molecule is Cc1cnc(CC2CCCN(C(=O)C3CCCCC3)C2)n1C(C)C. The first-order valence-electron chi connectivity index (χ1n) is 9.87. The van der Waals surface area contributed by atoms with Gasteiger partial charge in [0.15, 0.2) is 0 Å². The highest BCUT2D eigenvalue weighted by atomic mass is 16.2. The lowest BCUT2D eigenvalue weighted by molar-refractivity contribution is -0.138. The zero-order chi connectivity index (χ0) is 17.1. The minimum absolute atomic E-state index is 0.303. The summed E-state index contributed by atoms with van der Waals surface area (Å²) in [6, 6.07) is 0.450. The van der Waals surface area contributed by atoms with Crippen LogP contribution in [-0.4, -0.2) is 33.4 Å². The zero-order valence-corrected chi connectivity index (χ0v) is 15.6. The van der Waals surface area contributed by atoms with Crippen LogP contribution in [0.3, 0.4) is 0 Å². The van der Waals surface area contributed by atoms with Gasteiger partial charge in [-0.25, -0.2) is 4.98 Å². The highest BCUT2D eigenvalue weighted by Crippen LogP contribution is 2.28. The van der Waals surface area contributed by atoms with Crippen molar-refractivity contribution in [2.75, 3.05) is 13.1 Å². The van der Waals surface area contributed by atoms with Gasteiger partial charge in [-0.3, -0.25) is 4.79 Å². The van der Waals surface area contributed by atoms with Crippen LogP contribution in [0.5, 0.6) is 0 Å². The number of imidazole rings is 1. The third kappa shape index (κ3) is 3.84. The van der Waals surface area contributed by atoms with Gasteiger partial charge in [0.2, 0.25) is 5.91 Å². The van der Waals surface area contributed by atoms with Crippen molar-refractivity contribution in [3.8, 4) is 0 Å². The van der Waals surface area contributed by atoms with Crippen molar-refractivity contribution in [3.05, 3.63) is 17.7 Å². The molecule has 0 aromatic carbocycles. The molecule has 1 aromatic heterocycles. The van der Waals surface area contributed by atoms with Crippen LogP contribution in [0.4, 0.5) is 0 Å². The summed E-state index contributed by atoms with van der Waals surface area (Å²) in [5.74, 6) is 2.49. The monoisotopic (exact) mass is 331 g/mol. The van der Waals surface area contributed by atoms with Crippen molar-refractivity contribution in [3.63, 3.8) is 0 Å². The third-order valence-electron chi connectivity index (χ3n) is 5.83. The summed E-state index contributed by atoms with van der Waals surface area (Å²) in [5, 5.41) is 0. The maximum atomic E-state index is 12.8. The Morgan fingerprint density at radius 3 is 2.67 bits per heavy atom. The van der Waals surface area contributed by atoms with Crippen molar-refractivity contribution >= 4 is 5.91 Å². The molecule has 4 nitrogen and oxygen atoms in total. The molecule has 134 valence electrons. The summed E-state index contributed by atoms with van der Waals surface area (Å²) < 4.78 is 2.35. The first-order valence-corrected chi connectivity index (χ1v) is 9.87. The number of aryl methyl sites for hydroxylation is 1. The summed E-state index contributed by atoms with van der Waals surface area (Å²) >= 11 is 0. The molecule has 1 saturated heterocycles. The van der Waals surface area contributed by atoms with Crippen LogP contribution in [0.15, 0.2) is 6.20 Å². The Kier molecular flexibility index (Phi) is 5.62. The zero-order valence-electron chi connectivity index (χ0n) is 15.6. The predicted molar refractivity (Wildman–Crippen MR) is 96.9 cm³/mol. The highest BCUT2D eigenvalue weighted by molar-refractivity contribution is 5.79. The molecular weight excluding hydrogens is 298 g/mol. The van der Waals surface area contributed by atoms with Gasteiger partial charge in [-0.1, -0.05) is 19.3 Å². The summed E-state index contributed by atoms with van der Waals surface area (Å²) in [4.78, 5) is 19.7. The van der Waals surface area contributed by atoms with Gasteiger partial charge in [-0.2, -0.15) is 0 Å². The number of carbonyl (C=O) groups is 1. The van der Waals surface area contributed by atoms with E-state index in [1.54, 1.807) is 0 Å². The Morgan fingerprint density at radius 1 is 1.21 bits per heavy atom. The first kappa shape index (κ1) is 17.5. The Hall–Kier alpha value is -1.32. The highest BCUT2D eigenvalue weighted by Gasteiger charge is 2.30. The second-order valence-electron chi connectivity index (χ2n) is 8.11. The molecule has 0 spiro atoms. The first-order chi connectivity index (χ1) is 11.6. The number of hydrogen-bond donors (Lipinski definition) is 0. The predicted octanol–water partition coefficient (Wildman–Crippen LogP) is 4.13. The van der Waals surface area contributed by atoms with E-state index in [0.717, 1.165) is 38.8 Å². The fraction of sp³-hybridized carbons (Fsp3) is 0.800. The van der Waals surface area contributed by atoms with Crippen LogP contribution in [0, 0.1) is 18.8 Å². The van der Waals surface area contributed by atoms with E-state index < -0.39 is 0 Å². The van der Waals surface area contributed by atoms with E-state index in [2.05, 4.69) is 35.2 Å². The van der Waals surface area contributed by atoms with Crippen LogP contribution in [0.25, 0.3) is 0 Å². The van der Waals surface area contributed by atoms with Crippen LogP contribution in [0.2, 0.25) is 0 Å². The van der Waals surface area contributed by atoms with Gasteiger partial charge in [0, 0.05) is 43.4 Å². The van der Waals surface area contributed by atoms with Gasteiger partial charge in [-0.05, 0) is 52.4 Å². The molecule has 2 aliphatic rings. The number of nitrogens with zero attached hydrogens (tertiary/aromatic N) is 3. The van der Waals surface area contributed by atoms with Gasteiger partial charge in [0.05, 0.1) is 0 Å². The topological polar surface area (TPSA) is 38.1 Å². The molecule has 1 aromatic rings. The van der Waals surface area contributed by atoms with Crippen LogP contribution in [0.1, 0.15) is 76.4 Å². The Labute approximate surface area is 146 Å². The maximum Gasteiger partial charge on any atom is 0.225 e. The fourth-order valence-electron chi connectivity index (χ4n) is 4.65. The number of aromatic nitrogens is 2. The minimum atomic E-state index is 0.303. The molecule has 24 heavy (non-hydrogen) atoms. The lowest BCUT2D eigenvalue weighted by atomic mass is 9.86. The largest absolute Gasteiger partial charge is 0.342 e. The van der Waals surface area contributed by atoms with E-state index in [-0.39, 0.29) is 0 Å². The van der Waals surface area contributed by atoms with Crippen molar-refractivity contribution in [1.29, 1.82) is 0 Å². The second kappa shape index (κ2) is 7.71. The molecule has 1 unspecified atom stereocenters. The molecule has 0 bridgehead atoms. The Bertz CT molecular complexity index is 557. The molecule has 4 heteroatoms. The number of rotatable bonds is 4. The molecular formula is C20H33N3O. The fourth-order valence-corrected chi connectivity index (χ4v) is 4.65. The molecule has 1 amide bonds. The normalized spacial score (nSPS) is 23.0. The molecule has 3 rings (SSSR count). The molecule has 0 N–H and O–H groups in total. The van der Waals surface area contributed by atoms with E-state index in [9.17, 15) is 4.79 Å². The molecule has 1 atom stereocenters. The van der Waals surface area contributed by atoms with Crippen LogP contribution in [-0.2, 0) is 11.2 Å². The van der Waals surface area contributed by atoms with Crippen LogP contribution >= 0.6 is 0 Å². The lowest BCUT2D eigenvalue weighted by Gasteiger charge is -2.36. The van der Waals surface area contributed by atoms with Gasteiger partial charge in [0.25, 0.3) is 0 Å². The molecule has 1 aliphatic heterocycles. The number of likely N-dealkylation sites (tertiary alicyclic amines) is 1. The molecule has 2 heterocycles. The number of piperidine rings is 1. The van der Waals surface area contributed by atoms with Gasteiger partial charge in [-0.15, -0.1) is 0 Å². The molecule has 0 radical (unpaired) electrons. The second-order valence-corrected chi connectivity index (χ2v) is 8.11. The third-order valence-corrected chi connectivity index (χ3v) is 5.83. The van der Waals surface area contributed by atoms with Gasteiger partial charge in [0.1, 0.15) is 5.82 Å². The van der Waals surface area contributed by atoms with Gasteiger partial charge >= 0.3 is 0 Å². The number of carbonyl (C=O) groups excluding carboxylic acids is 1. The van der Waals surface area contributed by atoms with E-state index in [0.29, 0.717) is 23.8 Å². The summed E-state index contributed by atoms with van der Waals surface area (Å²) in [7, 11) is 0. The van der Waals surface area contributed by atoms with Gasteiger partial charge < -0.3 is 9.47 Å².